The Balaban J connectivity index is 2.00. The lowest BCUT2D eigenvalue weighted by molar-refractivity contribution is 0.424. The van der Waals surface area contributed by atoms with Crippen molar-refractivity contribution in [3.63, 3.8) is 0 Å². The van der Waals surface area contributed by atoms with Gasteiger partial charge in [-0.05, 0) is 18.2 Å². The molecule has 2 heterocycles. The highest BCUT2D eigenvalue weighted by molar-refractivity contribution is 5.75. The van der Waals surface area contributed by atoms with Crippen LogP contribution < -0.4 is 4.74 Å². The summed E-state index contributed by atoms with van der Waals surface area (Å²) in [6.07, 6.45) is 1.63. The van der Waals surface area contributed by atoms with E-state index in [1.54, 1.807) is 18.3 Å². The van der Waals surface area contributed by atoms with Crippen LogP contribution in [0.25, 0.3) is 11.0 Å². The lowest BCUT2D eigenvalue weighted by Crippen LogP contribution is -1.94. The number of nitriles is 1. The summed E-state index contributed by atoms with van der Waals surface area (Å²) in [6.45, 7) is 0. The number of rotatable bonds is 2. The van der Waals surface area contributed by atoms with Crippen molar-refractivity contribution in [1.82, 2.24) is 9.97 Å². The van der Waals surface area contributed by atoms with Crippen molar-refractivity contribution in [2.24, 2.45) is 0 Å². The predicted molar refractivity (Wildman–Crippen MR) is 67.2 cm³/mol. The van der Waals surface area contributed by atoms with Crippen molar-refractivity contribution < 1.29 is 13.5 Å². The average molecular weight is 271 g/mol. The van der Waals surface area contributed by atoms with Crippen molar-refractivity contribution in [1.29, 1.82) is 5.26 Å². The summed E-state index contributed by atoms with van der Waals surface area (Å²) in [6, 6.07) is 8.20. The van der Waals surface area contributed by atoms with Crippen LogP contribution in [0.2, 0.25) is 0 Å². The third-order valence-electron chi connectivity index (χ3n) is 2.73. The van der Waals surface area contributed by atoms with Gasteiger partial charge < -0.3 is 9.72 Å². The molecule has 98 valence electrons. The maximum Gasteiger partial charge on any atom is 0.256 e. The number of nitrogens with one attached hydrogen (secondary N) is 1. The first kappa shape index (κ1) is 12.1. The van der Waals surface area contributed by atoms with Crippen LogP contribution in [0.3, 0.4) is 0 Å². The van der Waals surface area contributed by atoms with Gasteiger partial charge in [0, 0.05) is 18.3 Å². The van der Waals surface area contributed by atoms with Gasteiger partial charge in [0.25, 0.3) is 5.88 Å². The van der Waals surface area contributed by atoms with Gasteiger partial charge in [0.2, 0.25) is 0 Å². The van der Waals surface area contributed by atoms with Crippen LogP contribution in [0.4, 0.5) is 8.78 Å². The molecule has 0 aliphatic rings. The SMILES string of the molecule is N#Cc1cc(Oc2nc3cc[nH]c3cc2F)ccc1F. The molecule has 0 unspecified atom stereocenters. The smallest absolute Gasteiger partial charge is 0.256 e. The summed E-state index contributed by atoms with van der Waals surface area (Å²) in [7, 11) is 0. The Morgan fingerprint density at radius 1 is 1.15 bits per heavy atom. The van der Waals surface area contributed by atoms with Crippen molar-refractivity contribution in [3.8, 4) is 17.7 Å². The number of fused-ring (bicyclic) bond motifs is 1. The van der Waals surface area contributed by atoms with Gasteiger partial charge in [0.05, 0.1) is 16.6 Å². The molecule has 0 saturated carbocycles. The van der Waals surface area contributed by atoms with Gasteiger partial charge in [-0.25, -0.2) is 13.8 Å². The van der Waals surface area contributed by atoms with Crippen LogP contribution in [0, 0.1) is 23.0 Å². The zero-order valence-corrected chi connectivity index (χ0v) is 10.0. The minimum atomic E-state index is -0.658. The number of ether oxygens (including phenoxy) is 1. The van der Waals surface area contributed by atoms with Gasteiger partial charge in [-0.1, -0.05) is 0 Å². The van der Waals surface area contributed by atoms with Crippen LogP contribution in [0.1, 0.15) is 5.56 Å². The lowest BCUT2D eigenvalue weighted by atomic mass is 10.2. The average Bonchev–Trinajstić information content (AvgIpc) is 2.88. The van der Waals surface area contributed by atoms with Crippen molar-refractivity contribution in [2.45, 2.75) is 0 Å². The van der Waals surface area contributed by atoms with E-state index in [4.69, 9.17) is 10.00 Å². The van der Waals surface area contributed by atoms with Crippen molar-refractivity contribution in [2.75, 3.05) is 0 Å². The molecule has 0 saturated heterocycles. The second kappa shape index (κ2) is 4.63. The number of nitrogens with zero attached hydrogens (tertiary/aromatic N) is 2. The van der Waals surface area contributed by atoms with Gasteiger partial charge >= 0.3 is 0 Å². The predicted octanol–water partition coefficient (Wildman–Crippen LogP) is 3.51. The maximum atomic E-state index is 13.8. The minimum absolute atomic E-state index is 0.143. The van der Waals surface area contributed by atoms with Crippen LogP contribution in [0.5, 0.6) is 11.6 Å². The van der Waals surface area contributed by atoms with E-state index in [-0.39, 0.29) is 17.2 Å². The molecular weight excluding hydrogens is 264 g/mol. The van der Waals surface area contributed by atoms with E-state index < -0.39 is 11.6 Å². The quantitative estimate of drug-likeness (QED) is 0.775. The summed E-state index contributed by atoms with van der Waals surface area (Å²) >= 11 is 0. The fraction of sp³-hybridized carbons (Fsp3) is 0. The number of benzene rings is 1. The summed E-state index contributed by atoms with van der Waals surface area (Å²) in [5.74, 6) is -1.39. The summed E-state index contributed by atoms with van der Waals surface area (Å²) < 4.78 is 32.2. The van der Waals surface area contributed by atoms with E-state index in [9.17, 15) is 8.78 Å². The molecule has 1 aromatic carbocycles. The first-order valence-corrected chi connectivity index (χ1v) is 5.68. The van der Waals surface area contributed by atoms with Crippen LogP contribution >= 0.6 is 0 Å². The van der Waals surface area contributed by atoms with Crippen molar-refractivity contribution >= 4 is 11.0 Å². The normalized spacial score (nSPS) is 10.4. The fourth-order valence-corrected chi connectivity index (χ4v) is 1.78. The lowest BCUT2D eigenvalue weighted by Gasteiger charge is -2.06. The molecular formula is C14H7F2N3O. The van der Waals surface area contributed by atoms with E-state index in [0.717, 1.165) is 6.07 Å². The molecule has 6 heteroatoms. The number of hydrogen-bond acceptors (Lipinski definition) is 3. The Labute approximate surface area is 112 Å². The molecule has 0 amide bonds. The van der Waals surface area contributed by atoms with Crippen LogP contribution in [-0.2, 0) is 0 Å². The summed E-state index contributed by atoms with van der Waals surface area (Å²) in [5, 5.41) is 8.74. The molecule has 2 aromatic heterocycles. The Morgan fingerprint density at radius 2 is 2.00 bits per heavy atom. The standard InChI is InChI=1S/C14H7F2N3O/c15-10-2-1-9(5-8(10)7-17)20-14-11(16)6-13-12(19-14)3-4-18-13/h1-6,18H. The Hall–Kier alpha value is -2.94. The van der Waals surface area contributed by atoms with E-state index in [0.29, 0.717) is 11.0 Å². The fourth-order valence-electron chi connectivity index (χ4n) is 1.78. The maximum absolute atomic E-state index is 13.8. The molecule has 20 heavy (non-hydrogen) atoms. The van der Waals surface area contributed by atoms with E-state index in [2.05, 4.69) is 9.97 Å². The zero-order chi connectivity index (χ0) is 14.1. The number of H-pyrrole nitrogens is 1. The molecule has 0 aliphatic carbocycles. The number of aromatic amines is 1. The molecule has 4 nitrogen and oxygen atoms in total. The topological polar surface area (TPSA) is 61.7 Å². The van der Waals surface area contributed by atoms with E-state index >= 15 is 0 Å². The van der Waals surface area contributed by atoms with Gasteiger partial charge in [-0.3, -0.25) is 0 Å². The van der Waals surface area contributed by atoms with Gasteiger partial charge in [0.1, 0.15) is 17.6 Å². The molecule has 0 bridgehead atoms. The molecule has 0 aliphatic heterocycles. The highest BCUT2D eigenvalue weighted by Gasteiger charge is 2.11. The van der Waals surface area contributed by atoms with Crippen LogP contribution in [-0.4, -0.2) is 9.97 Å². The van der Waals surface area contributed by atoms with Crippen molar-refractivity contribution in [3.05, 3.63) is 53.7 Å². The first-order chi connectivity index (χ1) is 9.67. The third-order valence-corrected chi connectivity index (χ3v) is 2.73. The van der Waals surface area contributed by atoms with Gasteiger partial charge in [-0.15, -0.1) is 0 Å². The number of aromatic nitrogens is 2. The molecule has 0 atom stereocenters. The first-order valence-electron chi connectivity index (χ1n) is 5.68. The monoisotopic (exact) mass is 271 g/mol. The Morgan fingerprint density at radius 3 is 2.80 bits per heavy atom. The highest BCUT2D eigenvalue weighted by atomic mass is 19.1. The second-order valence-electron chi connectivity index (χ2n) is 4.04. The zero-order valence-electron chi connectivity index (χ0n) is 10.0. The van der Waals surface area contributed by atoms with E-state index in [1.165, 1.54) is 18.2 Å². The summed E-state index contributed by atoms with van der Waals surface area (Å²) in [5.41, 5.74) is 0.918. The van der Waals surface area contributed by atoms with Gasteiger partial charge in [0.15, 0.2) is 5.82 Å². The molecule has 1 N–H and O–H groups in total. The molecule has 0 spiro atoms. The Kier molecular flexibility index (Phi) is 2.80. The number of pyridine rings is 1. The largest absolute Gasteiger partial charge is 0.436 e. The molecule has 3 aromatic rings. The third kappa shape index (κ3) is 2.06. The highest BCUT2D eigenvalue weighted by Crippen LogP contribution is 2.26. The molecule has 3 rings (SSSR count). The molecule has 0 fully saturated rings. The van der Waals surface area contributed by atoms with Crippen LogP contribution in [0.15, 0.2) is 36.5 Å². The summed E-state index contributed by atoms with van der Waals surface area (Å²) in [4.78, 5) is 6.83. The Bertz CT molecular complexity index is 836. The second-order valence-corrected chi connectivity index (χ2v) is 4.04. The minimum Gasteiger partial charge on any atom is -0.436 e. The van der Waals surface area contributed by atoms with E-state index in [1.807, 2.05) is 0 Å². The number of hydrogen-bond donors (Lipinski definition) is 1. The van der Waals surface area contributed by atoms with Gasteiger partial charge in [-0.2, -0.15) is 5.26 Å². The molecule has 0 radical (unpaired) electrons. The number of halogens is 2.